The van der Waals surface area contributed by atoms with Crippen LogP contribution in [-0.4, -0.2) is 74.1 Å². The Hall–Kier alpha value is -1.14. The summed E-state index contributed by atoms with van der Waals surface area (Å²) in [6.07, 6.45) is 1.02. The zero-order valence-electron chi connectivity index (χ0n) is 11.7. The van der Waals surface area contributed by atoms with Gasteiger partial charge in [0.2, 0.25) is 11.8 Å². The van der Waals surface area contributed by atoms with Crippen molar-refractivity contribution in [1.29, 1.82) is 0 Å². The van der Waals surface area contributed by atoms with E-state index < -0.39 is 0 Å². The Bertz CT molecular complexity index is 342. The first-order valence-electron chi connectivity index (χ1n) is 6.96. The van der Waals surface area contributed by atoms with Crippen LogP contribution in [-0.2, 0) is 14.3 Å². The first-order chi connectivity index (χ1) is 9.15. The highest BCUT2D eigenvalue weighted by molar-refractivity contribution is 5.92. The average Bonchev–Trinajstić information content (AvgIpc) is 2.93. The standard InChI is InChI=1S/C13H23N3O3/c1-3-15-7-13(18)16(8-12(15)17)6-11(14-2)10-4-5-19-9-10/h10-11,14H,3-9H2,1-2H3. The third-order valence-electron chi connectivity index (χ3n) is 4.06. The van der Waals surface area contributed by atoms with Gasteiger partial charge in [-0.05, 0) is 20.4 Å². The zero-order chi connectivity index (χ0) is 13.8. The molecule has 2 fully saturated rings. The van der Waals surface area contributed by atoms with E-state index in [1.165, 1.54) is 0 Å². The molecule has 2 saturated heterocycles. The van der Waals surface area contributed by atoms with E-state index in [4.69, 9.17) is 4.74 Å². The predicted molar refractivity (Wildman–Crippen MR) is 70.6 cm³/mol. The van der Waals surface area contributed by atoms with Gasteiger partial charge in [0, 0.05) is 31.7 Å². The molecule has 108 valence electrons. The Labute approximate surface area is 114 Å². The van der Waals surface area contributed by atoms with Gasteiger partial charge in [0.15, 0.2) is 0 Å². The molecule has 0 aromatic rings. The molecule has 1 N–H and O–H groups in total. The van der Waals surface area contributed by atoms with Gasteiger partial charge in [0.1, 0.15) is 0 Å². The normalized spacial score (nSPS) is 26.1. The number of likely N-dealkylation sites (N-methyl/N-ethyl adjacent to an activating group) is 2. The Morgan fingerprint density at radius 1 is 1.32 bits per heavy atom. The lowest BCUT2D eigenvalue weighted by molar-refractivity contribution is -0.150. The van der Waals surface area contributed by atoms with Crippen molar-refractivity contribution in [3.05, 3.63) is 0 Å². The van der Waals surface area contributed by atoms with Gasteiger partial charge in [-0.1, -0.05) is 0 Å². The minimum absolute atomic E-state index is 0.0413. The number of carbonyl (C=O) groups excluding carboxylic acids is 2. The third-order valence-corrected chi connectivity index (χ3v) is 4.06. The van der Waals surface area contributed by atoms with Crippen LogP contribution in [0.5, 0.6) is 0 Å². The molecule has 0 bridgehead atoms. The van der Waals surface area contributed by atoms with E-state index in [9.17, 15) is 9.59 Å². The molecule has 0 aromatic heterocycles. The smallest absolute Gasteiger partial charge is 0.242 e. The molecular weight excluding hydrogens is 246 g/mol. The summed E-state index contributed by atoms with van der Waals surface area (Å²) in [5, 5.41) is 3.25. The summed E-state index contributed by atoms with van der Waals surface area (Å²) < 4.78 is 5.39. The zero-order valence-corrected chi connectivity index (χ0v) is 11.7. The summed E-state index contributed by atoms with van der Waals surface area (Å²) in [6.45, 7) is 5.04. The molecule has 0 aromatic carbocycles. The minimum Gasteiger partial charge on any atom is -0.381 e. The van der Waals surface area contributed by atoms with Crippen LogP contribution < -0.4 is 5.32 Å². The second-order valence-electron chi connectivity index (χ2n) is 5.20. The van der Waals surface area contributed by atoms with E-state index in [0.29, 0.717) is 19.0 Å². The topological polar surface area (TPSA) is 61.9 Å². The molecule has 0 saturated carbocycles. The van der Waals surface area contributed by atoms with Gasteiger partial charge >= 0.3 is 0 Å². The largest absolute Gasteiger partial charge is 0.381 e. The highest BCUT2D eigenvalue weighted by atomic mass is 16.5. The molecule has 19 heavy (non-hydrogen) atoms. The van der Waals surface area contributed by atoms with Crippen molar-refractivity contribution in [3.8, 4) is 0 Å². The molecule has 2 atom stereocenters. The summed E-state index contributed by atoms with van der Waals surface area (Å²) >= 11 is 0. The Balaban J connectivity index is 1.93. The van der Waals surface area contributed by atoms with Gasteiger partial charge in [0.25, 0.3) is 0 Å². The van der Waals surface area contributed by atoms with E-state index >= 15 is 0 Å². The first kappa shape index (κ1) is 14.3. The molecule has 6 heteroatoms. The molecule has 0 spiro atoms. The van der Waals surface area contributed by atoms with Crippen LogP contribution >= 0.6 is 0 Å². The highest BCUT2D eigenvalue weighted by Gasteiger charge is 2.33. The summed E-state index contributed by atoms with van der Waals surface area (Å²) in [5.74, 6) is 0.511. The summed E-state index contributed by atoms with van der Waals surface area (Å²) in [7, 11) is 1.90. The first-order valence-corrected chi connectivity index (χ1v) is 6.96. The SMILES string of the molecule is CCN1CC(=O)N(CC(NC)C2CCOC2)CC1=O. The lowest BCUT2D eigenvalue weighted by atomic mass is 9.98. The van der Waals surface area contributed by atoms with Crippen LogP contribution in [0, 0.1) is 5.92 Å². The van der Waals surface area contributed by atoms with Gasteiger partial charge in [-0.2, -0.15) is 0 Å². The van der Waals surface area contributed by atoms with Gasteiger partial charge in [0.05, 0.1) is 19.7 Å². The van der Waals surface area contributed by atoms with Crippen molar-refractivity contribution >= 4 is 11.8 Å². The number of nitrogens with one attached hydrogen (secondary N) is 1. The summed E-state index contributed by atoms with van der Waals surface area (Å²) in [4.78, 5) is 27.2. The minimum atomic E-state index is 0.0413. The summed E-state index contributed by atoms with van der Waals surface area (Å²) in [5.41, 5.74) is 0. The molecule has 2 aliphatic rings. The number of amides is 2. The van der Waals surface area contributed by atoms with E-state index in [1.54, 1.807) is 9.80 Å². The molecular formula is C13H23N3O3. The second-order valence-corrected chi connectivity index (χ2v) is 5.20. The van der Waals surface area contributed by atoms with Gasteiger partial charge in [-0.25, -0.2) is 0 Å². The average molecular weight is 269 g/mol. The second kappa shape index (κ2) is 6.34. The molecule has 0 radical (unpaired) electrons. The predicted octanol–water partition coefficient (Wildman–Crippen LogP) is -0.698. The number of hydrogen-bond donors (Lipinski definition) is 1. The molecule has 2 heterocycles. The van der Waals surface area contributed by atoms with Crippen LogP contribution in [0.4, 0.5) is 0 Å². The van der Waals surface area contributed by atoms with Gasteiger partial charge < -0.3 is 19.9 Å². The Kier molecular flexibility index (Phi) is 4.76. The quantitative estimate of drug-likeness (QED) is 0.717. The van der Waals surface area contributed by atoms with E-state index in [2.05, 4.69) is 5.32 Å². The Morgan fingerprint density at radius 3 is 2.58 bits per heavy atom. The molecule has 2 unspecified atom stereocenters. The van der Waals surface area contributed by atoms with Gasteiger partial charge in [-0.3, -0.25) is 9.59 Å². The lowest BCUT2D eigenvalue weighted by Gasteiger charge is -2.36. The van der Waals surface area contributed by atoms with E-state index in [0.717, 1.165) is 19.6 Å². The van der Waals surface area contributed by atoms with Crippen molar-refractivity contribution in [3.63, 3.8) is 0 Å². The molecule has 2 amide bonds. The van der Waals surface area contributed by atoms with Crippen LogP contribution in [0.15, 0.2) is 0 Å². The molecule has 2 rings (SSSR count). The fourth-order valence-electron chi connectivity index (χ4n) is 2.74. The number of hydrogen-bond acceptors (Lipinski definition) is 4. The molecule has 0 aliphatic carbocycles. The fourth-order valence-corrected chi connectivity index (χ4v) is 2.74. The number of nitrogens with zero attached hydrogens (tertiary/aromatic N) is 2. The Morgan fingerprint density at radius 2 is 2.00 bits per heavy atom. The van der Waals surface area contributed by atoms with Crippen LogP contribution in [0.2, 0.25) is 0 Å². The maximum absolute atomic E-state index is 12.0. The van der Waals surface area contributed by atoms with Crippen molar-refractivity contribution in [1.82, 2.24) is 15.1 Å². The maximum atomic E-state index is 12.0. The molecule has 6 nitrogen and oxygen atoms in total. The fraction of sp³-hybridized carbons (Fsp3) is 0.846. The van der Waals surface area contributed by atoms with Gasteiger partial charge in [-0.15, -0.1) is 0 Å². The number of carbonyl (C=O) groups is 2. The highest BCUT2D eigenvalue weighted by Crippen LogP contribution is 2.18. The number of ether oxygens (including phenoxy) is 1. The monoisotopic (exact) mass is 269 g/mol. The number of piperazine rings is 1. The number of rotatable bonds is 5. The van der Waals surface area contributed by atoms with Crippen molar-refractivity contribution < 1.29 is 14.3 Å². The van der Waals surface area contributed by atoms with Crippen LogP contribution in [0.1, 0.15) is 13.3 Å². The molecule has 2 aliphatic heterocycles. The van der Waals surface area contributed by atoms with Crippen molar-refractivity contribution in [2.75, 3.05) is 46.4 Å². The van der Waals surface area contributed by atoms with Crippen LogP contribution in [0.3, 0.4) is 0 Å². The van der Waals surface area contributed by atoms with Crippen molar-refractivity contribution in [2.24, 2.45) is 5.92 Å². The lowest BCUT2D eigenvalue weighted by Crippen LogP contribution is -2.57. The van der Waals surface area contributed by atoms with Crippen LogP contribution in [0.25, 0.3) is 0 Å². The maximum Gasteiger partial charge on any atom is 0.242 e. The van der Waals surface area contributed by atoms with E-state index in [-0.39, 0.29) is 30.9 Å². The third kappa shape index (κ3) is 3.25. The van der Waals surface area contributed by atoms with Crippen molar-refractivity contribution in [2.45, 2.75) is 19.4 Å². The van der Waals surface area contributed by atoms with E-state index in [1.807, 2.05) is 14.0 Å². The summed E-state index contributed by atoms with van der Waals surface area (Å²) in [6, 6.07) is 0.201.